The van der Waals surface area contributed by atoms with E-state index >= 15 is 0 Å². The molecule has 0 bridgehead atoms. The Bertz CT molecular complexity index is 252. The van der Waals surface area contributed by atoms with Crippen LogP contribution in [0.15, 0.2) is 0 Å². The molecule has 0 saturated heterocycles. The summed E-state index contributed by atoms with van der Waals surface area (Å²) in [6.07, 6.45) is 8.09. The summed E-state index contributed by atoms with van der Waals surface area (Å²) in [6, 6.07) is 2.63. The first-order valence-electron chi connectivity index (χ1n) is 6.09. The summed E-state index contributed by atoms with van der Waals surface area (Å²) in [5, 5.41) is 9.41. The molecule has 2 aliphatic rings. The van der Waals surface area contributed by atoms with E-state index in [4.69, 9.17) is 0 Å². The van der Waals surface area contributed by atoms with E-state index in [-0.39, 0.29) is 5.41 Å². The van der Waals surface area contributed by atoms with Crippen molar-refractivity contribution in [2.45, 2.75) is 52.4 Å². The quantitative estimate of drug-likeness (QED) is 0.572. The van der Waals surface area contributed by atoms with E-state index in [2.05, 4.69) is 19.9 Å². The Labute approximate surface area is 87.5 Å². The largest absolute Gasteiger partial charge is 0.198 e. The molecule has 4 unspecified atom stereocenters. The molecule has 0 aromatic rings. The van der Waals surface area contributed by atoms with Gasteiger partial charge in [-0.25, -0.2) is 0 Å². The van der Waals surface area contributed by atoms with Crippen LogP contribution in [0.25, 0.3) is 0 Å². The summed E-state index contributed by atoms with van der Waals surface area (Å²) >= 11 is 0. The van der Waals surface area contributed by atoms with Gasteiger partial charge in [-0.05, 0) is 43.9 Å². The maximum Gasteiger partial charge on any atom is 0.0692 e. The van der Waals surface area contributed by atoms with Crippen molar-refractivity contribution in [3.8, 4) is 6.07 Å². The van der Waals surface area contributed by atoms with Gasteiger partial charge in [0.25, 0.3) is 0 Å². The fourth-order valence-electron chi connectivity index (χ4n) is 3.67. The van der Waals surface area contributed by atoms with Gasteiger partial charge in [-0.1, -0.05) is 26.2 Å². The van der Waals surface area contributed by atoms with Gasteiger partial charge < -0.3 is 0 Å². The van der Waals surface area contributed by atoms with Crippen LogP contribution < -0.4 is 0 Å². The number of nitrogens with zero attached hydrogens (tertiary/aromatic N) is 1. The standard InChI is InChI=1S/C13H21N/c1-10-7-8-11-5-3-4-6-12(11)13(10,2)9-14/h10-12H,3-8H2,1-2H3. The number of fused-ring (bicyclic) bond motifs is 1. The molecule has 0 aromatic carbocycles. The summed E-state index contributed by atoms with van der Waals surface area (Å²) in [6.45, 7) is 4.48. The fourth-order valence-corrected chi connectivity index (χ4v) is 3.67. The molecule has 0 spiro atoms. The van der Waals surface area contributed by atoms with Gasteiger partial charge in [0.05, 0.1) is 11.5 Å². The van der Waals surface area contributed by atoms with Crippen molar-refractivity contribution in [1.29, 1.82) is 5.26 Å². The molecule has 0 radical (unpaired) electrons. The Morgan fingerprint density at radius 2 is 1.86 bits per heavy atom. The minimum absolute atomic E-state index is 0.0245. The molecule has 0 amide bonds. The normalized spacial score (nSPS) is 47.9. The molecule has 2 saturated carbocycles. The van der Waals surface area contributed by atoms with Gasteiger partial charge in [-0.2, -0.15) is 5.26 Å². The molecule has 0 aliphatic heterocycles. The van der Waals surface area contributed by atoms with Gasteiger partial charge in [0, 0.05) is 0 Å². The minimum atomic E-state index is -0.0245. The van der Waals surface area contributed by atoms with Crippen LogP contribution >= 0.6 is 0 Å². The van der Waals surface area contributed by atoms with Crippen LogP contribution in [0.2, 0.25) is 0 Å². The Kier molecular flexibility index (Phi) is 2.56. The highest BCUT2D eigenvalue weighted by atomic mass is 14.5. The lowest BCUT2D eigenvalue weighted by atomic mass is 9.55. The second-order valence-corrected chi connectivity index (χ2v) is 5.52. The van der Waals surface area contributed by atoms with E-state index in [1.165, 1.54) is 38.5 Å². The summed E-state index contributed by atoms with van der Waals surface area (Å²) in [4.78, 5) is 0. The number of hydrogen-bond donors (Lipinski definition) is 0. The highest BCUT2D eigenvalue weighted by Crippen LogP contribution is 2.52. The van der Waals surface area contributed by atoms with Gasteiger partial charge in [-0.15, -0.1) is 0 Å². The van der Waals surface area contributed by atoms with Crippen LogP contribution in [0, 0.1) is 34.5 Å². The number of nitriles is 1. The maximum absolute atomic E-state index is 9.41. The molecule has 0 N–H and O–H groups in total. The van der Waals surface area contributed by atoms with E-state index in [0.29, 0.717) is 11.8 Å². The van der Waals surface area contributed by atoms with Crippen LogP contribution in [0.4, 0.5) is 0 Å². The van der Waals surface area contributed by atoms with E-state index in [9.17, 15) is 5.26 Å². The van der Waals surface area contributed by atoms with Crippen molar-refractivity contribution >= 4 is 0 Å². The van der Waals surface area contributed by atoms with Crippen molar-refractivity contribution < 1.29 is 0 Å². The third kappa shape index (κ3) is 1.36. The van der Waals surface area contributed by atoms with E-state index < -0.39 is 0 Å². The molecule has 78 valence electrons. The summed E-state index contributed by atoms with van der Waals surface area (Å²) < 4.78 is 0. The first kappa shape index (κ1) is 10.0. The Hall–Kier alpha value is -0.510. The summed E-state index contributed by atoms with van der Waals surface area (Å²) in [5.41, 5.74) is -0.0245. The molecule has 2 aliphatic carbocycles. The topological polar surface area (TPSA) is 23.8 Å². The van der Waals surface area contributed by atoms with Crippen molar-refractivity contribution in [2.75, 3.05) is 0 Å². The monoisotopic (exact) mass is 191 g/mol. The van der Waals surface area contributed by atoms with Gasteiger partial charge in [0.1, 0.15) is 0 Å². The molecule has 4 atom stereocenters. The second-order valence-electron chi connectivity index (χ2n) is 5.52. The van der Waals surface area contributed by atoms with Crippen molar-refractivity contribution in [2.24, 2.45) is 23.2 Å². The van der Waals surface area contributed by atoms with Gasteiger partial charge in [0.2, 0.25) is 0 Å². The minimum Gasteiger partial charge on any atom is -0.198 e. The fraction of sp³-hybridized carbons (Fsp3) is 0.923. The van der Waals surface area contributed by atoms with E-state index in [0.717, 1.165) is 5.92 Å². The van der Waals surface area contributed by atoms with E-state index in [1.54, 1.807) is 0 Å². The van der Waals surface area contributed by atoms with E-state index in [1.807, 2.05) is 0 Å². The molecule has 14 heavy (non-hydrogen) atoms. The van der Waals surface area contributed by atoms with Crippen molar-refractivity contribution in [3.63, 3.8) is 0 Å². The average Bonchev–Trinajstić information content (AvgIpc) is 2.24. The van der Waals surface area contributed by atoms with Crippen molar-refractivity contribution in [1.82, 2.24) is 0 Å². The van der Waals surface area contributed by atoms with Crippen LogP contribution in [0.3, 0.4) is 0 Å². The third-order valence-electron chi connectivity index (χ3n) is 4.91. The first-order valence-corrected chi connectivity index (χ1v) is 6.09. The van der Waals surface area contributed by atoms with Crippen LogP contribution in [0.5, 0.6) is 0 Å². The second kappa shape index (κ2) is 3.57. The predicted molar refractivity (Wildman–Crippen MR) is 57.6 cm³/mol. The molecule has 0 heterocycles. The Morgan fingerprint density at radius 3 is 2.57 bits per heavy atom. The molecular weight excluding hydrogens is 170 g/mol. The molecule has 1 nitrogen and oxygen atoms in total. The molecule has 1 heteroatoms. The zero-order chi connectivity index (χ0) is 10.2. The lowest BCUT2D eigenvalue weighted by molar-refractivity contribution is 0.0231. The van der Waals surface area contributed by atoms with Gasteiger partial charge in [-0.3, -0.25) is 0 Å². The molecule has 2 fully saturated rings. The lowest BCUT2D eigenvalue weighted by Gasteiger charge is -2.48. The predicted octanol–water partition coefficient (Wildman–Crippen LogP) is 3.75. The third-order valence-corrected chi connectivity index (χ3v) is 4.91. The summed E-state index contributed by atoms with van der Waals surface area (Å²) in [7, 11) is 0. The zero-order valence-electron chi connectivity index (χ0n) is 9.42. The highest BCUT2D eigenvalue weighted by molar-refractivity contribution is 5.07. The SMILES string of the molecule is CC1CCC2CCCCC2C1(C)C#N. The van der Waals surface area contributed by atoms with Crippen molar-refractivity contribution in [3.05, 3.63) is 0 Å². The smallest absolute Gasteiger partial charge is 0.0692 e. The first-order chi connectivity index (χ1) is 6.68. The lowest BCUT2D eigenvalue weighted by Crippen LogP contribution is -2.43. The summed E-state index contributed by atoms with van der Waals surface area (Å²) in [5.74, 6) is 2.17. The molecule has 0 aromatic heterocycles. The zero-order valence-corrected chi connectivity index (χ0v) is 9.42. The number of hydrogen-bond acceptors (Lipinski definition) is 1. The maximum atomic E-state index is 9.41. The van der Waals surface area contributed by atoms with Gasteiger partial charge >= 0.3 is 0 Å². The average molecular weight is 191 g/mol. The van der Waals surface area contributed by atoms with Crippen LogP contribution in [-0.4, -0.2) is 0 Å². The molecule has 2 rings (SSSR count). The number of rotatable bonds is 0. The highest BCUT2D eigenvalue weighted by Gasteiger charge is 2.47. The van der Waals surface area contributed by atoms with Crippen LogP contribution in [0.1, 0.15) is 52.4 Å². The van der Waals surface area contributed by atoms with Gasteiger partial charge in [0.15, 0.2) is 0 Å². The Morgan fingerprint density at radius 1 is 1.14 bits per heavy atom. The Balaban J connectivity index is 2.23. The molecular formula is C13H21N. The van der Waals surface area contributed by atoms with Crippen LogP contribution in [-0.2, 0) is 0 Å².